The summed E-state index contributed by atoms with van der Waals surface area (Å²) in [7, 11) is 4.11. The van der Waals surface area contributed by atoms with Crippen molar-refractivity contribution in [2.24, 2.45) is 11.0 Å². The maximum Gasteiger partial charge on any atom is 0.0648 e. The molecule has 0 fully saturated rings. The van der Waals surface area contributed by atoms with Crippen LogP contribution in [0.25, 0.3) is 6.08 Å². The summed E-state index contributed by atoms with van der Waals surface area (Å²) in [5, 5.41) is 5.70. The molecule has 2 aromatic rings. The quantitative estimate of drug-likeness (QED) is 0.498. The van der Waals surface area contributed by atoms with Gasteiger partial charge < -0.3 is 4.90 Å². The molecule has 0 saturated heterocycles. The lowest BCUT2D eigenvalue weighted by atomic mass is 10.0. The maximum atomic E-state index is 6.09. The van der Waals surface area contributed by atoms with Crippen LogP contribution in [0.1, 0.15) is 12.5 Å². The van der Waals surface area contributed by atoms with Gasteiger partial charge >= 0.3 is 0 Å². The minimum Gasteiger partial charge on any atom is -0.309 e. The summed E-state index contributed by atoms with van der Waals surface area (Å²) in [6.07, 6.45) is 4.02. The largest absolute Gasteiger partial charge is 0.309 e. The molecule has 2 rings (SSSR count). The second-order valence-corrected chi connectivity index (χ2v) is 7.00. The molecule has 3 nitrogen and oxygen atoms in total. The summed E-state index contributed by atoms with van der Waals surface area (Å²) in [6, 6.07) is 15.5. The van der Waals surface area contributed by atoms with E-state index in [0.29, 0.717) is 10.0 Å². The molecule has 0 saturated carbocycles. The van der Waals surface area contributed by atoms with Gasteiger partial charge in [0.1, 0.15) is 0 Å². The van der Waals surface area contributed by atoms with E-state index in [4.69, 9.17) is 23.2 Å². The van der Waals surface area contributed by atoms with Crippen molar-refractivity contribution in [2.45, 2.75) is 6.92 Å². The van der Waals surface area contributed by atoms with Crippen LogP contribution in [-0.4, -0.2) is 31.3 Å². The summed E-state index contributed by atoms with van der Waals surface area (Å²) >= 11 is 12.1. The van der Waals surface area contributed by atoms with Gasteiger partial charge in [-0.25, -0.2) is 0 Å². The molecule has 132 valence electrons. The van der Waals surface area contributed by atoms with Gasteiger partial charge in [0.15, 0.2) is 0 Å². The van der Waals surface area contributed by atoms with Crippen LogP contribution in [0.5, 0.6) is 0 Å². The maximum absolute atomic E-state index is 6.09. The minimum atomic E-state index is 0.269. The number of benzene rings is 2. The predicted molar refractivity (Wildman–Crippen MR) is 111 cm³/mol. The molecule has 5 heteroatoms. The number of allylic oxidation sites excluding steroid dienone is 1. The van der Waals surface area contributed by atoms with E-state index >= 15 is 0 Å². The second-order valence-electron chi connectivity index (χ2n) is 6.18. The van der Waals surface area contributed by atoms with Gasteiger partial charge in [0.25, 0.3) is 0 Å². The number of nitrogens with zero attached hydrogens (tertiary/aromatic N) is 2. The van der Waals surface area contributed by atoms with Crippen LogP contribution < -0.4 is 5.43 Å². The Bertz CT molecular complexity index is 740. The third-order valence-corrected chi connectivity index (χ3v) is 4.36. The highest BCUT2D eigenvalue weighted by atomic mass is 35.5. The third-order valence-electron chi connectivity index (χ3n) is 3.62. The van der Waals surface area contributed by atoms with Gasteiger partial charge in [-0.05, 0) is 50.0 Å². The van der Waals surface area contributed by atoms with Gasteiger partial charge in [-0.1, -0.05) is 60.5 Å². The summed E-state index contributed by atoms with van der Waals surface area (Å²) in [5.74, 6) is 0.269. The number of para-hydroxylation sites is 1. The van der Waals surface area contributed by atoms with Gasteiger partial charge in [0, 0.05) is 12.5 Å². The fourth-order valence-electron chi connectivity index (χ4n) is 2.39. The molecule has 0 heterocycles. The molecule has 0 radical (unpaired) electrons. The molecule has 0 spiro atoms. The average Bonchev–Trinajstić information content (AvgIpc) is 2.58. The fraction of sp³-hybridized carbons (Fsp3) is 0.250. The van der Waals surface area contributed by atoms with E-state index in [1.54, 1.807) is 6.07 Å². The lowest BCUT2D eigenvalue weighted by Crippen LogP contribution is -2.25. The number of halogens is 2. The van der Waals surface area contributed by atoms with Crippen molar-refractivity contribution in [3.8, 4) is 0 Å². The summed E-state index contributed by atoms with van der Waals surface area (Å²) < 4.78 is 0. The van der Waals surface area contributed by atoms with Crippen molar-refractivity contribution < 1.29 is 0 Å². The number of nitrogens with one attached hydrogen (secondary N) is 1. The Morgan fingerprint density at radius 2 is 1.84 bits per heavy atom. The SMILES string of the molecule is CC(CN(C)C)C(/C=C/c1ccc(Cl)c(Cl)c1)=N\Nc1ccccc1. The topological polar surface area (TPSA) is 27.6 Å². The molecule has 0 amide bonds. The van der Waals surface area contributed by atoms with Crippen molar-refractivity contribution in [3.05, 3.63) is 70.2 Å². The normalized spacial score (nSPS) is 13.4. The summed E-state index contributed by atoms with van der Waals surface area (Å²) in [5.41, 5.74) is 6.03. The van der Waals surface area contributed by atoms with E-state index in [1.165, 1.54) is 0 Å². The van der Waals surface area contributed by atoms with Crippen LogP contribution in [0.15, 0.2) is 59.7 Å². The Hall–Kier alpha value is -1.81. The van der Waals surface area contributed by atoms with Crippen molar-refractivity contribution >= 4 is 40.7 Å². The van der Waals surface area contributed by atoms with Crippen LogP contribution in [0, 0.1) is 5.92 Å². The predicted octanol–water partition coefficient (Wildman–Crippen LogP) is 5.67. The lowest BCUT2D eigenvalue weighted by molar-refractivity contribution is 0.381. The minimum absolute atomic E-state index is 0.269. The average molecular weight is 376 g/mol. The Kier molecular flexibility index (Phi) is 7.51. The number of hydrogen-bond donors (Lipinski definition) is 1. The lowest BCUT2D eigenvalue weighted by Gasteiger charge is -2.17. The first kappa shape index (κ1) is 19.5. The fourth-order valence-corrected chi connectivity index (χ4v) is 2.70. The van der Waals surface area contributed by atoms with Crippen molar-refractivity contribution in [1.82, 2.24) is 4.90 Å². The second kappa shape index (κ2) is 9.62. The molecule has 0 bridgehead atoms. The molecule has 2 aromatic carbocycles. The van der Waals surface area contributed by atoms with Crippen molar-refractivity contribution in [3.63, 3.8) is 0 Å². The zero-order valence-electron chi connectivity index (χ0n) is 14.7. The molecule has 0 aromatic heterocycles. The Morgan fingerprint density at radius 3 is 2.48 bits per heavy atom. The zero-order chi connectivity index (χ0) is 18.2. The van der Waals surface area contributed by atoms with Crippen LogP contribution in [0.4, 0.5) is 5.69 Å². The molecule has 1 atom stereocenters. The van der Waals surface area contributed by atoms with Gasteiger partial charge in [0.05, 0.1) is 21.4 Å². The van der Waals surface area contributed by atoms with Crippen LogP contribution in [-0.2, 0) is 0 Å². The van der Waals surface area contributed by atoms with E-state index < -0.39 is 0 Å². The van der Waals surface area contributed by atoms with Crippen LogP contribution in [0.2, 0.25) is 10.0 Å². The van der Waals surface area contributed by atoms with Gasteiger partial charge in [0.2, 0.25) is 0 Å². The number of rotatable bonds is 7. The molecule has 0 aliphatic rings. The third kappa shape index (κ3) is 6.54. The molecular formula is C20H23Cl2N3. The Morgan fingerprint density at radius 1 is 1.12 bits per heavy atom. The van der Waals surface area contributed by atoms with E-state index in [1.807, 2.05) is 54.6 Å². The number of anilines is 1. The standard InChI is InChI=1S/C20H23Cl2N3/c1-15(14-25(2)3)20(24-23-17-7-5-4-6-8-17)12-10-16-9-11-18(21)19(22)13-16/h4-13,15,23H,14H2,1-3H3/b12-10+,24-20-. The van der Waals surface area contributed by atoms with Gasteiger partial charge in [-0.3, -0.25) is 5.43 Å². The number of hydrogen-bond acceptors (Lipinski definition) is 3. The molecule has 25 heavy (non-hydrogen) atoms. The highest BCUT2D eigenvalue weighted by molar-refractivity contribution is 6.42. The van der Waals surface area contributed by atoms with Gasteiger partial charge in [-0.15, -0.1) is 0 Å². The smallest absolute Gasteiger partial charge is 0.0648 e. The van der Waals surface area contributed by atoms with Crippen LogP contribution >= 0.6 is 23.2 Å². The van der Waals surface area contributed by atoms with E-state index in [-0.39, 0.29) is 5.92 Å². The Labute approximate surface area is 160 Å². The van der Waals surface area contributed by atoms with Crippen LogP contribution in [0.3, 0.4) is 0 Å². The summed E-state index contributed by atoms with van der Waals surface area (Å²) in [4.78, 5) is 2.15. The first-order valence-electron chi connectivity index (χ1n) is 8.12. The van der Waals surface area contributed by atoms with Crippen molar-refractivity contribution in [2.75, 3.05) is 26.1 Å². The summed E-state index contributed by atoms with van der Waals surface area (Å²) in [6.45, 7) is 3.06. The molecule has 1 N–H and O–H groups in total. The van der Waals surface area contributed by atoms with Crippen molar-refractivity contribution in [1.29, 1.82) is 0 Å². The van der Waals surface area contributed by atoms with Gasteiger partial charge in [-0.2, -0.15) is 5.10 Å². The van der Waals surface area contributed by atoms with E-state index in [0.717, 1.165) is 23.5 Å². The monoisotopic (exact) mass is 375 g/mol. The Balaban J connectivity index is 2.20. The first-order valence-corrected chi connectivity index (χ1v) is 8.88. The first-order chi connectivity index (χ1) is 12.0. The number of hydrazone groups is 1. The molecular weight excluding hydrogens is 353 g/mol. The molecule has 0 aliphatic carbocycles. The molecule has 1 unspecified atom stereocenters. The molecule has 0 aliphatic heterocycles. The van der Waals surface area contributed by atoms with E-state index in [9.17, 15) is 0 Å². The highest BCUT2D eigenvalue weighted by Gasteiger charge is 2.10. The van der Waals surface area contributed by atoms with E-state index in [2.05, 4.69) is 36.4 Å². The highest BCUT2D eigenvalue weighted by Crippen LogP contribution is 2.23. The zero-order valence-corrected chi connectivity index (χ0v) is 16.2.